The van der Waals surface area contributed by atoms with Crippen LogP contribution in [0.4, 0.5) is 0 Å². The van der Waals surface area contributed by atoms with Gasteiger partial charge in [-0.3, -0.25) is 4.79 Å². The van der Waals surface area contributed by atoms with Gasteiger partial charge in [0.2, 0.25) is 0 Å². The number of nitrogens with two attached hydrogens (primary N) is 1. The minimum absolute atomic E-state index is 0.203. The van der Waals surface area contributed by atoms with Gasteiger partial charge in [-0.15, -0.1) is 0 Å². The lowest BCUT2D eigenvalue weighted by Crippen LogP contribution is -2.32. The van der Waals surface area contributed by atoms with E-state index in [0.717, 1.165) is 0 Å². The highest BCUT2D eigenvalue weighted by Gasteiger charge is 2.23. The van der Waals surface area contributed by atoms with Crippen LogP contribution in [-0.2, 0) is 9.59 Å². The van der Waals surface area contributed by atoms with Gasteiger partial charge in [0.25, 0.3) is 5.91 Å². The van der Waals surface area contributed by atoms with Crippen molar-refractivity contribution in [3.63, 3.8) is 0 Å². The Morgan fingerprint density at radius 3 is 3.00 bits per heavy atom. The van der Waals surface area contributed by atoms with Crippen LogP contribution in [0.15, 0.2) is 4.99 Å². The summed E-state index contributed by atoms with van der Waals surface area (Å²) in [6, 6.07) is 0. The van der Waals surface area contributed by atoms with E-state index in [-0.39, 0.29) is 11.6 Å². The first-order chi connectivity index (χ1) is 5.59. The lowest BCUT2D eigenvalue weighted by atomic mass is 10.1. The maximum absolute atomic E-state index is 11.0. The highest BCUT2D eigenvalue weighted by Crippen LogP contribution is 2.18. The van der Waals surface area contributed by atoms with E-state index in [1.165, 1.54) is 11.8 Å². The lowest BCUT2D eigenvalue weighted by Gasteiger charge is -2.17. The molecule has 0 saturated carbocycles. The number of aliphatic imine (C=N–C) groups is 1. The van der Waals surface area contributed by atoms with E-state index in [1.54, 1.807) is 0 Å². The molecule has 0 aromatic carbocycles. The molecular weight excluding hydrogens is 180 g/mol. The molecule has 1 atom stereocenters. The third-order valence-corrected chi connectivity index (χ3v) is 2.37. The number of rotatable bonds is 2. The molecule has 1 amide bonds. The number of hydrogen-bond acceptors (Lipinski definition) is 5. The van der Waals surface area contributed by atoms with Crippen LogP contribution in [0.25, 0.3) is 0 Å². The highest BCUT2D eigenvalue weighted by atomic mass is 32.2. The monoisotopic (exact) mass is 187 g/mol. The van der Waals surface area contributed by atoms with Gasteiger partial charge in [-0.1, -0.05) is 11.8 Å². The molecule has 0 unspecified atom stereocenters. The van der Waals surface area contributed by atoms with E-state index in [9.17, 15) is 14.7 Å². The average molecular weight is 187 g/mol. The van der Waals surface area contributed by atoms with Gasteiger partial charge in [0.15, 0.2) is 5.17 Å². The summed E-state index contributed by atoms with van der Waals surface area (Å²) in [7, 11) is 0. The number of amides is 1. The lowest BCUT2D eigenvalue weighted by molar-refractivity contribution is -0.306. The third-order valence-electron chi connectivity index (χ3n) is 1.42. The molecule has 1 heterocycles. The molecule has 0 fully saturated rings. The molecule has 1 aliphatic heterocycles. The van der Waals surface area contributed by atoms with Gasteiger partial charge in [0.05, 0.1) is 5.92 Å². The Morgan fingerprint density at radius 1 is 1.83 bits per heavy atom. The maximum Gasteiger partial charge on any atom is 0.252 e. The molecule has 0 radical (unpaired) electrons. The van der Waals surface area contributed by atoms with Crippen molar-refractivity contribution in [3.05, 3.63) is 0 Å². The molecule has 0 aromatic rings. The number of nitrogens with zero attached hydrogens (tertiary/aromatic N) is 1. The van der Waals surface area contributed by atoms with Crippen molar-refractivity contribution in [2.45, 2.75) is 6.42 Å². The summed E-state index contributed by atoms with van der Waals surface area (Å²) in [5.41, 5.74) is 5.25. The molecule has 0 saturated heterocycles. The summed E-state index contributed by atoms with van der Waals surface area (Å²) in [6.07, 6.45) is -0.275. The molecule has 1 rings (SSSR count). The van der Waals surface area contributed by atoms with Crippen LogP contribution in [-0.4, -0.2) is 22.8 Å². The second-order valence-electron chi connectivity index (χ2n) is 2.37. The van der Waals surface area contributed by atoms with Crippen molar-refractivity contribution >= 4 is 28.8 Å². The van der Waals surface area contributed by atoms with Crippen LogP contribution in [0.5, 0.6) is 0 Å². The van der Waals surface area contributed by atoms with E-state index in [2.05, 4.69) is 4.99 Å². The van der Waals surface area contributed by atoms with E-state index in [0.29, 0.717) is 5.75 Å². The number of carboxylic acid groups (broad SMARTS) is 1. The number of thioether (sulfide) groups is 1. The van der Waals surface area contributed by atoms with E-state index >= 15 is 0 Å². The van der Waals surface area contributed by atoms with Crippen LogP contribution in [0.2, 0.25) is 0 Å². The summed E-state index contributed by atoms with van der Waals surface area (Å²) in [5, 5.41) is 10.3. The summed E-state index contributed by atoms with van der Waals surface area (Å²) < 4.78 is 0. The smallest absolute Gasteiger partial charge is 0.252 e. The molecule has 2 N–H and O–H groups in total. The summed E-state index contributed by atoms with van der Waals surface area (Å²) >= 11 is 1.19. The molecule has 0 bridgehead atoms. The average Bonchev–Trinajstić information content (AvgIpc) is 1.94. The van der Waals surface area contributed by atoms with Crippen molar-refractivity contribution in [2.24, 2.45) is 16.6 Å². The van der Waals surface area contributed by atoms with Gasteiger partial charge in [-0.2, -0.15) is 4.99 Å². The minimum atomic E-state index is -1.23. The molecule has 6 heteroatoms. The van der Waals surface area contributed by atoms with Gasteiger partial charge in [0.1, 0.15) is 0 Å². The Morgan fingerprint density at radius 2 is 2.50 bits per heavy atom. The molecule has 12 heavy (non-hydrogen) atoms. The quantitative estimate of drug-likeness (QED) is 0.557. The Kier molecular flexibility index (Phi) is 2.69. The van der Waals surface area contributed by atoms with Gasteiger partial charge < -0.3 is 15.6 Å². The molecular formula is C6H7N2O3S-. The van der Waals surface area contributed by atoms with Crippen LogP contribution in [0.1, 0.15) is 6.42 Å². The first-order valence-electron chi connectivity index (χ1n) is 3.30. The number of carbonyl (C=O) groups is 2. The zero-order chi connectivity index (χ0) is 9.14. The zero-order valence-corrected chi connectivity index (χ0v) is 6.97. The van der Waals surface area contributed by atoms with Crippen LogP contribution < -0.4 is 10.8 Å². The van der Waals surface area contributed by atoms with Crippen molar-refractivity contribution in [2.75, 3.05) is 5.75 Å². The number of amidine groups is 1. The molecule has 0 spiro atoms. The number of carbonyl (C=O) groups excluding carboxylic acids is 2. The summed E-state index contributed by atoms with van der Waals surface area (Å²) in [6.45, 7) is 0. The molecule has 0 aliphatic carbocycles. The topological polar surface area (TPSA) is 95.6 Å². The Balaban J connectivity index is 2.59. The van der Waals surface area contributed by atoms with Crippen molar-refractivity contribution in [1.29, 1.82) is 0 Å². The Hall–Kier alpha value is -1.04. The predicted molar refractivity (Wildman–Crippen MR) is 42.2 cm³/mol. The van der Waals surface area contributed by atoms with Gasteiger partial charge in [-0.05, 0) is 6.42 Å². The summed E-state index contributed by atoms with van der Waals surface area (Å²) in [5.74, 6) is -1.89. The molecule has 0 aromatic heterocycles. The van der Waals surface area contributed by atoms with Crippen molar-refractivity contribution < 1.29 is 14.7 Å². The SMILES string of the molecule is NC1=NC(=O)[C@H](CC(=O)[O-])CS1. The Bertz CT molecular complexity index is 251. The van der Waals surface area contributed by atoms with E-state index in [4.69, 9.17) is 5.73 Å². The Labute approximate surface area is 73.0 Å². The highest BCUT2D eigenvalue weighted by molar-refractivity contribution is 8.13. The molecule has 1 aliphatic rings. The second kappa shape index (κ2) is 3.57. The first kappa shape index (κ1) is 9.05. The minimum Gasteiger partial charge on any atom is -0.550 e. The van der Waals surface area contributed by atoms with Gasteiger partial charge in [0, 0.05) is 11.7 Å². The largest absolute Gasteiger partial charge is 0.550 e. The van der Waals surface area contributed by atoms with Crippen LogP contribution in [0, 0.1) is 5.92 Å². The number of hydrogen-bond donors (Lipinski definition) is 1. The van der Waals surface area contributed by atoms with Crippen molar-refractivity contribution in [1.82, 2.24) is 0 Å². The standard InChI is InChI=1S/C6H8N2O3S/c7-6-8-5(11)3(2-12-6)1-4(9)10/h3H,1-2H2,(H,9,10)(H2,7,8,11)/p-1/t3-/m1/s1. The number of carboxylic acids is 1. The fourth-order valence-corrected chi connectivity index (χ4v) is 1.62. The fraction of sp³-hybridized carbons (Fsp3) is 0.500. The second-order valence-corrected chi connectivity index (χ2v) is 3.41. The fourth-order valence-electron chi connectivity index (χ4n) is 0.837. The summed E-state index contributed by atoms with van der Waals surface area (Å²) in [4.78, 5) is 24.6. The van der Waals surface area contributed by atoms with Crippen LogP contribution in [0.3, 0.4) is 0 Å². The predicted octanol–water partition coefficient (Wildman–Crippen LogP) is -1.67. The number of aliphatic carboxylic acids is 1. The van der Waals surface area contributed by atoms with E-state index in [1.807, 2.05) is 0 Å². The van der Waals surface area contributed by atoms with Gasteiger partial charge >= 0.3 is 0 Å². The van der Waals surface area contributed by atoms with E-state index < -0.39 is 17.8 Å². The van der Waals surface area contributed by atoms with Crippen LogP contribution >= 0.6 is 11.8 Å². The zero-order valence-electron chi connectivity index (χ0n) is 6.15. The van der Waals surface area contributed by atoms with Gasteiger partial charge in [-0.25, -0.2) is 0 Å². The van der Waals surface area contributed by atoms with Crippen molar-refractivity contribution in [3.8, 4) is 0 Å². The normalized spacial score (nSPS) is 23.5. The molecule has 66 valence electrons. The first-order valence-corrected chi connectivity index (χ1v) is 4.29. The maximum atomic E-state index is 11.0. The molecule has 5 nitrogen and oxygen atoms in total. The third kappa shape index (κ3) is 2.23.